The maximum absolute atomic E-state index is 12.3. The van der Waals surface area contributed by atoms with Gasteiger partial charge < -0.3 is 20.9 Å². The molecule has 0 aromatic carbocycles. The lowest BCUT2D eigenvalue weighted by Gasteiger charge is -2.26. The number of nitrogens with one attached hydrogen (secondary N) is 3. The van der Waals surface area contributed by atoms with Crippen LogP contribution in [0.5, 0.6) is 0 Å². The number of carbonyl (C=O) groups excluding carboxylic acids is 1. The molecule has 3 heterocycles. The van der Waals surface area contributed by atoms with Gasteiger partial charge in [-0.2, -0.15) is 5.26 Å². The molecule has 0 bridgehead atoms. The fourth-order valence-corrected chi connectivity index (χ4v) is 3.22. The maximum Gasteiger partial charge on any atom is 0.158 e. The lowest BCUT2D eigenvalue weighted by Crippen LogP contribution is -2.35. The molecule has 152 valence electrons. The minimum Gasteiger partial charge on any atom is -0.382 e. The summed E-state index contributed by atoms with van der Waals surface area (Å²) in [5.41, 5.74) is 2.04. The van der Waals surface area contributed by atoms with Crippen LogP contribution in [0.2, 0.25) is 0 Å². The van der Waals surface area contributed by atoms with Crippen LogP contribution in [0.3, 0.4) is 0 Å². The summed E-state index contributed by atoms with van der Waals surface area (Å²) in [6.07, 6.45) is 7.01. The summed E-state index contributed by atoms with van der Waals surface area (Å²) in [7, 11) is 3.77. The predicted octanol–water partition coefficient (Wildman–Crippen LogP) is 1.32. The molecule has 0 radical (unpaired) electrons. The van der Waals surface area contributed by atoms with Crippen molar-refractivity contribution in [1.82, 2.24) is 25.2 Å². The third-order valence-electron chi connectivity index (χ3n) is 4.59. The summed E-state index contributed by atoms with van der Waals surface area (Å²) in [6.45, 7) is 2.35. The Hall–Kier alpha value is -3.09. The predicted molar refractivity (Wildman–Crippen MR) is 111 cm³/mol. The highest BCUT2D eigenvalue weighted by Gasteiger charge is 2.17. The van der Waals surface area contributed by atoms with Crippen molar-refractivity contribution in [3.8, 4) is 6.07 Å². The topological polar surface area (TPSA) is 119 Å². The summed E-state index contributed by atoms with van der Waals surface area (Å²) in [6, 6.07) is 4.20. The zero-order valence-electron chi connectivity index (χ0n) is 16.8. The minimum atomic E-state index is 0.142. The third-order valence-corrected chi connectivity index (χ3v) is 4.59. The molecule has 1 aliphatic rings. The number of nitrogens with zero attached hydrogens (tertiary/aromatic N) is 5. The number of pyridine rings is 1. The van der Waals surface area contributed by atoms with Gasteiger partial charge in [-0.1, -0.05) is 0 Å². The van der Waals surface area contributed by atoms with Crippen molar-refractivity contribution in [2.45, 2.75) is 25.3 Å². The van der Waals surface area contributed by atoms with Crippen molar-refractivity contribution in [2.75, 3.05) is 44.4 Å². The number of piperidine rings is 1. The lowest BCUT2D eigenvalue weighted by molar-refractivity contribution is -0.119. The first-order valence-corrected chi connectivity index (χ1v) is 9.65. The Morgan fingerprint density at radius 2 is 1.97 bits per heavy atom. The largest absolute Gasteiger partial charge is 0.382 e. The van der Waals surface area contributed by atoms with E-state index in [-0.39, 0.29) is 11.5 Å². The van der Waals surface area contributed by atoms with Gasteiger partial charge in [0.05, 0.1) is 18.9 Å². The molecule has 0 aliphatic carbocycles. The number of anilines is 3. The number of likely N-dealkylation sites (N-methyl/N-ethyl adjacent to an activating group) is 1. The highest BCUT2D eigenvalue weighted by atomic mass is 16.1. The van der Waals surface area contributed by atoms with E-state index in [0.29, 0.717) is 30.6 Å². The number of rotatable bonds is 8. The van der Waals surface area contributed by atoms with E-state index >= 15 is 0 Å². The van der Waals surface area contributed by atoms with E-state index in [1.165, 1.54) is 12.4 Å². The Kier molecular flexibility index (Phi) is 7.05. The molecule has 9 nitrogen and oxygen atoms in total. The number of hydrogen-bond donors (Lipinski definition) is 3. The summed E-state index contributed by atoms with van der Waals surface area (Å²) in [5.74, 6) is 1.24. The highest BCUT2D eigenvalue weighted by Crippen LogP contribution is 2.24. The molecule has 29 heavy (non-hydrogen) atoms. The van der Waals surface area contributed by atoms with Gasteiger partial charge in [-0.3, -0.25) is 4.79 Å². The number of carbonyl (C=O) groups is 1. The van der Waals surface area contributed by atoms with E-state index in [0.717, 1.165) is 37.2 Å². The van der Waals surface area contributed by atoms with Crippen LogP contribution in [0.1, 0.15) is 24.1 Å². The van der Waals surface area contributed by atoms with E-state index in [1.807, 2.05) is 31.1 Å². The zero-order chi connectivity index (χ0) is 20.6. The first-order valence-electron chi connectivity index (χ1n) is 9.65. The normalized spacial score (nSPS) is 14.4. The molecule has 1 fully saturated rings. The number of hydrogen-bond acceptors (Lipinski definition) is 9. The van der Waals surface area contributed by atoms with Crippen molar-refractivity contribution >= 4 is 23.1 Å². The molecule has 3 N–H and O–H groups in total. The fraction of sp³-hybridized carbons (Fsp3) is 0.450. The molecule has 0 amide bonds. The van der Waals surface area contributed by atoms with E-state index in [9.17, 15) is 4.79 Å². The van der Waals surface area contributed by atoms with Gasteiger partial charge in [0.25, 0.3) is 0 Å². The molecule has 0 spiro atoms. The van der Waals surface area contributed by atoms with Crippen LogP contribution in [-0.4, -0.2) is 65.4 Å². The molecule has 9 heteroatoms. The van der Waals surface area contributed by atoms with Gasteiger partial charge >= 0.3 is 0 Å². The van der Waals surface area contributed by atoms with Gasteiger partial charge in [-0.15, -0.1) is 0 Å². The van der Waals surface area contributed by atoms with E-state index in [4.69, 9.17) is 5.26 Å². The van der Waals surface area contributed by atoms with E-state index in [1.54, 1.807) is 6.20 Å². The number of aromatic nitrogens is 3. The van der Waals surface area contributed by atoms with Crippen molar-refractivity contribution in [3.63, 3.8) is 0 Å². The van der Waals surface area contributed by atoms with Gasteiger partial charge in [0.2, 0.25) is 0 Å². The van der Waals surface area contributed by atoms with Crippen molar-refractivity contribution in [2.24, 2.45) is 0 Å². The molecule has 2 aromatic heterocycles. The van der Waals surface area contributed by atoms with Crippen LogP contribution < -0.4 is 16.0 Å². The Labute approximate surface area is 170 Å². The first-order chi connectivity index (χ1) is 14.0. The average Bonchev–Trinajstić information content (AvgIpc) is 2.71. The summed E-state index contributed by atoms with van der Waals surface area (Å²) < 4.78 is 0. The average molecular weight is 394 g/mol. The SMILES string of the molecule is CN(C)CC(=O)Cc1cnc(Nc2cnc(C#N)cn2)cc1NC1CCNCC1. The zero-order valence-corrected chi connectivity index (χ0v) is 16.8. The Balaban J connectivity index is 1.79. The number of nitriles is 1. The minimum absolute atomic E-state index is 0.142. The van der Waals surface area contributed by atoms with E-state index < -0.39 is 0 Å². The fourth-order valence-electron chi connectivity index (χ4n) is 3.22. The maximum atomic E-state index is 12.3. The lowest BCUT2D eigenvalue weighted by atomic mass is 10.0. The Morgan fingerprint density at radius 3 is 2.62 bits per heavy atom. The van der Waals surface area contributed by atoms with Crippen LogP contribution in [0.15, 0.2) is 24.7 Å². The highest BCUT2D eigenvalue weighted by molar-refractivity contribution is 5.84. The number of ketones is 1. The number of Topliss-reactive ketones (excluding diaryl/α,β-unsaturated/α-hetero) is 1. The van der Waals surface area contributed by atoms with Gasteiger partial charge in [-0.25, -0.2) is 15.0 Å². The Morgan fingerprint density at radius 1 is 1.21 bits per heavy atom. The molecular weight excluding hydrogens is 368 g/mol. The quantitative estimate of drug-likeness (QED) is 0.609. The Bertz CT molecular complexity index is 869. The molecule has 1 aliphatic heterocycles. The molecule has 3 rings (SSSR count). The van der Waals surface area contributed by atoms with Crippen molar-refractivity contribution in [3.05, 3.63) is 35.9 Å². The first kappa shape index (κ1) is 20.6. The monoisotopic (exact) mass is 394 g/mol. The van der Waals surface area contributed by atoms with E-state index in [2.05, 4.69) is 30.9 Å². The molecule has 0 saturated carbocycles. The van der Waals surface area contributed by atoms with Crippen LogP contribution in [-0.2, 0) is 11.2 Å². The van der Waals surface area contributed by atoms with Gasteiger partial charge in [0.15, 0.2) is 11.5 Å². The van der Waals surface area contributed by atoms with Crippen molar-refractivity contribution < 1.29 is 4.79 Å². The molecule has 0 unspecified atom stereocenters. The van der Waals surface area contributed by atoms with Gasteiger partial charge in [0.1, 0.15) is 17.7 Å². The summed E-state index contributed by atoms with van der Waals surface area (Å²) >= 11 is 0. The van der Waals surface area contributed by atoms with Crippen LogP contribution in [0.25, 0.3) is 0 Å². The molecule has 0 atom stereocenters. The van der Waals surface area contributed by atoms with Crippen LogP contribution in [0.4, 0.5) is 17.3 Å². The molecular formula is C20H26N8O. The second-order valence-corrected chi connectivity index (χ2v) is 7.37. The summed E-state index contributed by atoms with van der Waals surface area (Å²) in [4.78, 5) is 26.8. The molecule has 2 aromatic rings. The summed E-state index contributed by atoms with van der Waals surface area (Å²) in [5, 5.41) is 18.9. The second-order valence-electron chi connectivity index (χ2n) is 7.37. The standard InChI is InChI=1S/C20H26N8O/c1-28(2)13-17(29)7-14-10-24-19(27-20-12-23-16(9-21)11-25-20)8-18(14)26-15-3-5-22-6-4-15/h8,10-12,15,22H,3-7,13H2,1-2H3,(H2,24,25,26,27). The van der Waals surface area contributed by atoms with Crippen molar-refractivity contribution in [1.29, 1.82) is 5.26 Å². The third kappa shape index (κ3) is 6.20. The van der Waals surface area contributed by atoms with Gasteiger partial charge in [-0.05, 0) is 40.0 Å². The van der Waals surface area contributed by atoms with Crippen LogP contribution in [0, 0.1) is 11.3 Å². The van der Waals surface area contributed by atoms with Crippen LogP contribution >= 0.6 is 0 Å². The second kappa shape index (κ2) is 9.91. The van der Waals surface area contributed by atoms with Gasteiger partial charge in [0, 0.05) is 36.0 Å². The smallest absolute Gasteiger partial charge is 0.158 e. The molecule has 1 saturated heterocycles.